The molecular weight excluding hydrogens is 248 g/mol. The van der Waals surface area contributed by atoms with Gasteiger partial charge in [0.15, 0.2) is 6.10 Å². The van der Waals surface area contributed by atoms with Gasteiger partial charge in [-0.3, -0.25) is 4.79 Å². The van der Waals surface area contributed by atoms with Crippen LogP contribution in [-0.2, 0) is 19.1 Å². The van der Waals surface area contributed by atoms with E-state index in [9.17, 15) is 14.7 Å². The van der Waals surface area contributed by atoms with Crippen LogP contribution in [0.3, 0.4) is 0 Å². The van der Waals surface area contributed by atoms with Gasteiger partial charge in [-0.15, -0.1) is 0 Å². The fourth-order valence-corrected chi connectivity index (χ4v) is 1.92. The Labute approximate surface area is 114 Å². The van der Waals surface area contributed by atoms with Crippen molar-refractivity contribution in [3.05, 3.63) is 0 Å². The fraction of sp³-hybridized carbons (Fsp3) is 0.857. The Morgan fingerprint density at radius 1 is 1.58 bits per heavy atom. The van der Waals surface area contributed by atoms with E-state index in [1.807, 2.05) is 13.8 Å². The molecule has 1 N–H and O–H groups in total. The molecule has 0 amide bonds. The van der Waals surface area contributed by atoms with Gasteiger partial charge in [-0.2, -0.15) is 0 Å². The minimum Gasteiger partial charge on any atom is -0.457 e. The van der Waals surface area contributed by atoms with Crippen molar-refractivity contribution >= 4 is 11.9 Å². The summed E-state index contributed by atoms with van der Waals surface area (Å²) in [6.45, 7) is 6.82. The SMILES string of the molecule is CCC(C)(CO)C(=O)OC1CCCC(C)(C)OC1=O. The molecule has 0 spiro atoms. The summed E-state index contributed by atoms with van der Waals surface area (Å²) in [5, 5.41) is 9.27. The number of cyclic esters (lactones) is 1. The highest BCUT2D eigenvalue weighted by Gasteiger charge is 2.39. The maximum Gasteiger partial charge on any atom is 0.347 e. The number of rotatable bonds is 4. The van der Waals surface area contributed by atoms with E-state index in [1.165, 1.54) is 0 Å². The first-order valence-electron chi connectivity index (χ1n) is 6.79. The first-order chi connectivity index (χ1) is 8.74. The number of aliphatic hydroxyl groups excluding tert-OH is 1. The monoisotopic (exact) mass is 272 g/mol. The molecular formula is C14H24O5. The normalized spacial score (nSPS) is 25.9. The van der Waals surface area contributed by atoms with Crippen molar-refractivity contribution in [3.8, 4) is 0 Å². The lowest BCUT2D eigenvalue weighted by Crippen LogP contribution is -2.39. The minimum atomic E-state index is -0.956. The summed E-state index contributed by atoms with van der Waals surface area (Å²) in [6.07, 6.45) is 1.58. The molecule has 110 valence electrons. The van der Waals surface area contributed by atoms with Crippen molar-refractivity contribution in [2.24, 2.45) is 5.41 Å². The van der Waals surface area contributed by atoms with Gasteiger partial charge in [0.2, 0.25) is 0 Å². The number of aliphatic hydroxyl groups is 1. The molecule has 0 aromatic carbocycles. The third-order valence-corrected chi connectivity index (χ3v) is 3.76. The van der Waals surface area contributed by atoms with Crippen molar-refractivity contribution in [2.45, 2.75) is 65.1 Å². The molecule has 5 nitrogen and oxygen atoms in total. The van der Waals surface area contributed by atoms with Gasteiger partial charge in [-0.1, -0.05) is 6.92 Å². The molecule has 0 aromatic rings. The highest BCUT2D eigenvalue weighted by molar-refractivity contribution is 5.82. The van der Waals surface area contributed by atoms with Crippen LogP contribution in [-0.4, -0.2) is 35.4 Å². The molecule has 0 aromatic heterocycles. The van der Waals surface area contributed by atoms with Crippen LogP contribution in [0.25, 0.3) is 0 Å². The van der Waals surface area contributed by atoms with E-state index in [4.69, 9.17) is 9.47 Å². The molecule has 1 fully saturated rings. The second-order valence-corrected chi connectivity index (χ2v) is 6.04. The number of hydrogen-bond acceptors (Lipinski definition) is 5. The molecule has 1 aliphatic heterocycles. The second-order valence-electron chi connectivity index (χ2n) is 6.04. The van der Waals surface area contributed by atoms with Crippen LogP contribution < -0.4 is 0 Å². The molecule has 2 unspecified atom stereocenters. The zero-order valence-electron chi connectivity index (χ0n) is 12.2. The van der Waals surface area contributed by atoms with Crippen molar-refractivity contribution in [1.29, 1.82) is 0 Å². The minimum absolute atomic E-state index is 0.296. The molecule has 1 aliphatic rings. The lowest BCUT2D eigenvalue weighted by atomic mass is 9.89. The quantitative estimate of drug-likeness (QED) is 0.790. The van der Waals surface area contributed by atoms with E-state index in [2.05, 4.69) is 0 Å². The summed E-state index contributed by atoms with van der Waals surface area (Å²) >= 11 is 0. The molecule has 0 radical (unpaired) electrons. The van der Waals surface area contributed by atoms with Gasteiger partial charge >= 0.3 is 11.9 Å². The van der Waals surface area contributed by atoms with E-state index in [1.54, 1.807) is 13.8 Å². The van der Waals surface area contributed by atoms with Crippen LogP contribution in [0.1, 0.15) is 53.4 Å². The van der Waals surface area contributed by atoms with Gasteiger partial charge in [0.05, 0.1) is 12.0 Å². The highest BCUT2D eigenvalue weighted by atomic mass is 16.6. The standard InChI is InChI=1S/C14H24O5/c1-5-14(4,9-15)12(17)18-10-7-6-8-13(2,3)19-11(10)16/h10,15H,5-9H2,1-4H3. The van der Waals surface area contributed by atoms with Crippen LogP contribution in [0.5, 0.6) is 0 Å². The summed E-state index contributed by atoms with van der Waals surface area (Å²) in [4.78, 5) is 23.9. The third-order valence-electron chi connectivity index (χ3n) is 3.76. The van der Waals surface area contributed by atoms with Gasteiger partial charge in [0, 0.05) is 0 Å². The average molecular weight is 272 g/mol. The van der Waals surface area contributed by atoms with Crippen molar-refractivity contribution in [3.63, 3.8) is 0 Å². The Bertz CT molecular complexity index is 344. The first-order valence-corrected chi connectivity index (χ1v) is 6.79. The lowest BCUT2D eigenvalue weighted by Gasteiger charge is -2.26. The average Bonchev–Trinajstić information content (AvgIpc) is 2.47. The van der Waals surface area contributed by atoms with Crippen LogP contribution >= 0.6 is 0 Å². The Kier molecular flexibility index (Phi) is 4.96. The highest BCUT2D eigenvalue weighted by Crippen LogP contribution is 2.28. The molecule has 0 aliphatic carbocycles. The molecule has 0 saturated carbocycles. The van der Waals surface area contributed by atoms with E-state index in [0.717, 1.165) is 12.8 Å². The zero-order valence-corrected chi connectivity index (χ0v) is 12.2. The smallest absolute Gasteiger partial charge is 0.347 e. The topological polar surface area (TPSA) is 72.8 Å². The molecule has 2 atom stereocenters. The predicted molar refractivity (Wildman–Crippen MR) is 69.4 cm³/mol. The molecule has 1 rings (SSSR count). The van der Waals surface area contributed by atoms with Gasteiger partial charge in [0.25, 0.3) is 0 Å². The summed E-state index contributed by atoms with van der Waals surface area (Å²) in [5.41, 5.74) is -1.47. The van der Waals surface area contributed by atoms with Crippen LogP contribution in [0.4, 0.5) is 0 Å². The first kappa shape index (κ1) is 16.0. The third kappa shape index (κ3) is 3.93. The summed E-state index contributed by atoms with van der Waals surface area (Å²) < 4.78 is 10.6. The van der Waals surface area contributed by atoms with Crippen LogP contribution in [0.2, 0.25) is 0 Å². The molecule has 5 heteroatoms. The fourth-order valence-electron chi connectivity index (χ4n) is 1.92. The Balaban J connectivity index is 2.71. The Morgan fingerprint density at radius 2 is 2.21 bits per heavy atom. The number of ether oxygens (including phenoxy) is 2. The van der Waals surface area contributed by atoms with E-state index in [0.29, 0.717) is 12.8 Å². The van der Waals surface area contributed by atoms with Gasteiger partial charge in [0.1, 0.15) is 5.60 Å². The summed E-state index contributed by atoms with van der Waals surface area (Å²) in [7, 11) is 0. The number of carbonyl (C=O) groups is 2. The number of carbonyl (C=O) groups excluding carboxylic acids is 2. The van der Waals surface area contributed by atoms with Crippen LogP contribution in [0, 0.1) is 5.41 Å². The van der Waals surface area contributed by atoms with E-state index >= 15 is 0 Å². The van der Waals surface area contributed by atoms with E-state index < -0.39 is 29.1 Å². The van der Waals surface area contributed by atoms with Gasteiger partial charge < -0.3 is 14.6 Å². The largest absolute Gasteiger partial charge is 0.457 e. The summed E-state index contributed by atoms with van der Waals surface area (Å²) in [5.74, 6) is -1.04. The molecule has 1 saturated heterocycles. The van der Waals surface area contributed by atoms with Gasteiger partial charge in [-0.05, 0) is 46.5 Å². The van der Waals surface area contributed by atoms with Gasteiger partial charge in [-0.25, -0.2) is 4.79 Å². The Hall–Kier alpha value is -1.10. The van der Waals surface area contributed by atoms with E-state index in [-0.39, 0.29) is 6.61 Å². The van der Waals surface area contributed by atoms with Crippen molar-refractivity contribution in [1.82, 2.24) is 0 Å². The Morgan fingerprint density at radius 3 is 2.74 bits per heavy atom. The maximum absolute atomic E-state index is 12.0. The zero-order chi connectivity index (χ0) is 14.7. The summed E-state index contributed by atoms with van der Waals surface area (Å²) in [6, 6.07) is 0. The lowest BCUT2D eigenvalue weighted by molar-refractivity contribution is -0.180. The van der Waals surface area contributed by atoms with Crippen LogP contribution in [0.15, 0.2) is 0 Å². The predicted octanol–water partition coefficient (Wildman–Crippen LogP) is 1.81. The van der Waals surface area contributed by atoms with Crippen molar-refractivity contribution in [2.75, 3.05) is 6.61 Å². The molecule has 0 bridgehead atoms. The maximum atomic E-state index is 12.0. The van der Waals surface area contributed by atoms with Crippen molar-refractivity contribution < 1.29 is 24.2 Å². The number of hydrogen-bond donors (Lipinski definition) is 1. The second kappa shape index (κ2) is 5.90. The molecule has 1 heterocycles. The molecule has 19 heavy (non-hydrogen) atoms. The number of esters is 2.